The van der Waals surface area contributed by atoms with E-state index in [1.165, 1.54) is 12.1 Å². The Bertz CT molecular complexity index is 1150. The van der Waals surface area contributed by atoms with Crippen molar-refractivity contribution in [2.45, 2.75) is 57.3 Å². The van der Waals surface area contributed by atoms with Crippen LogP contribution in [0, 0.1) is 0 Å². The maximum Gasteiger partial charge on any atom is 0.573 e. The van der Waals surface area contributed by atoms with Crippen LogP contribution in [-0.2, 0) is 9.53 Å². The van der Waals surface area contributed by atoms with Crippen molar-refractivity contribution >= 4 is 45.0 Å². The van der Waals surface area contributed by atoms with Crippen LogP contribution >= 0.6 is 15.9 Å². The van der Waals surface area contributed by atoms with Crippen molar-refractivity contribution in [3.8, 4) is 5.75 Å². The molecule has 1 saturated carbocycles. The number of nitrogens with one attached hydrogen (secondary N) is 3. The lowest BCUT2D eigenvalue weighted by Gasteiger charge is -2.24. The Balaban J connectivity index is 1.82. The molecule has 0 aromatic heterocycles. The monoisotopic (exact) mass is 574 g/mol. The number of anilines is 3. The number of aliphatic hydroxyl groups excluding tert-OH is 1. The zero-order valence-corrected chi connectivity index (χ0v) is 21.2. The van der Waals surface area contributed by atoms with Gasteiger partial charge in [0.15, 0.2) is 12.0 Å². The quantitative estimate of drug-likeness (QED) is 0.231. The van der Waals surface area contributed by atoms with Gasteiger partial charge in [0.25, 0.3) is 0 Å². The highest BCUT2D eigenvalue weighted by Gasteiger charge is 2.52. The van der Waals surface area contributed by atoms with Gasteiger partial charge in [-0.15, -0.1) is 13.2 Å². The third-order valence-corrected chi connectivity index (χ3v) is 5.52. The summed E-state index contributed by atoms with van der Waals surface area (Å²) in [4.78, 5) is 25.1. The van der Waals surface area contributed by atoms with Crippen molar-refractivity contribution in [2.24, 2.45) is 0 Å². The second-order valence-corrected chi connectivity index (χ2v) is 10.2. The van der Waals surface area contributed by atoms with Gasteiger partial charge in [0.05, 0.1) is 5.69 Å². The largest absolute Gasteiger partial charge is 0.573 e. The molecule has 1 unspecified atom stereocenters. The lowest BCUT2D eigenvalue weighted by Crippen LogP contribution is -2.47. The summed E-state index contributed by atoms with van der Waals surface area (Å²) in [5, 5.41) is 18.1. The van der Waals surface area contributed by atoms with E-state index in [1.54, 1.807) is 39.0 Å². The van der Waals surface area contributed by atoms with E-state index in [4.69, 9.17) is 10.5 Å². The smallest absolute Gasteiger partial charge is 0.444 e. The number of carbonyl (C=O) groups excluding carboxylic acids is 2. The third kappa shape index (κ3) is 7.40. The number of halogens is 4. The topological polar surface area (TPSA) is 135 Å². The number of amides is 2. The molecule has 9 nitrogen and oxygen atoms in total. The molecular weight excluding hydrogens is 549 g/mol. The Hall–Kier alpha value is -3.19. The van der Waals surface area contributed by atoms with E-state index < -0.39 is 41.5 Å². The van der Waals surface area contributed by atoms with Crippen molar-refractivity contribution in [1.82, 2.24) is 5.32 Å². The van der Waals surface area contributed by atoms with Crippen molar-refractivity contribution < 1.29 is 37.3 Å². The normalized spacial score (nSPS) is 15.4. The minimum Gasteiger partial charge on any atom is -0.444 e. The summed E-state index contributed by atoms with van der Waals surface area (Å²) in [7, 11) is 0. The summed E-state index contributed by atoms with van der Waals surface area (Å²) in [5.74, 6) is -1.41. The Labute approximate surface area is 213 Å². The summed E-state index contributed by atoms with van der Waals surface area (Å²) in [6.45, 7) is 4.96. The predicted molar refractivity (Wildman–Crippen MR) is 130 cm³/mol. The number of hydrogen-bond donors (Lipinski definition) is 5. The van der Waals surface area contributed by atoms with Gasteiger partial charge in [-0.3, -0.25) is 4.79 Å². The first-order valence-corrected chi connectivity index (χ1v) is 11.6. The van der Waals surface area contributed by atoms with Crippen LogP contribution in [0.2, 0.25) is 0 Å². The van der Waals surface area contributed by atoms with E-state index in [1.807, 2.05) is 0 Å². The maximum atomic E-state index is 13.0. The van der Waals surface area contributed by atoms with Gasteiger partial charge in [-0.2, -0.15) is 0 Å². The molecule has 1 fully saturated rings. The number of ether oxygens (including phenoxy) is 2. The lowest BCUT2D eigenvalue weighted by molar-refractivity contribution is -0.274. The van der Waals surface area contributed by atoms with Crippen LogP contribution in [0.5, 0.6) is 5.75 Å². The van der Waals surface area contributed by atoms with E-state index in [9.17, 15) is 27.9 Å². The van der Waals surface area contributed by atoms with Crippen LogP contribution in [0.3, 0.4) is 0 Å². The number of alkyl halides is 3. The van der Waals surface area contributed by atoms with Crippen LogP contribution in [0.4, 0.5) is 35.0 Å². The highest BCUT2D eigenvalue weighted by Crippen LogP contribution is 2.39. The van der Waals surface area contributed by atoms with Crippen molar-refractivity contribution in [2.75, 3.05) is 16.4 Å². The van der Waals surface area contributed by atoms with Crippen molar-refractivity contribution in [1.29, 1.82) is 0 Å². The highest BCUT2D eigenvalue weighted by molar-refractivity contribution is 9.10. The first-order chi connectivity index (χ1) is 16.6. The van der Waals surface area contributed by atoms with Gasteiger partial charge in [0.1, 0.15) is 11.1 Å². The van der Waals surface area contributed by atoms with E-state index in [2.05, 4.69) is 36.6 Å². The molecule has 3 rings (SSSR count). The van der Waals surface area contributed by atoms with E-state index in [0.717, 1.165) is 6.07 Å². The van der Waals surface area contributed by atoms with Gasteiger partial charge in [0, 0.05) is 21.4 Å². The second-order valence-electron chi connectivity index (χ2n) is 9.24. The number of benzene rings is 2. The van der Waals surface area contributed by atoms with Gasteiger partial charge < -0.3 is 36.3 Å². The zero-order valence-electron chi connectivity index (χ0n) is 19.6. The SMILES string of the molecule is CC(C)(C)OC(=O)NC1(C(=O)Nc2cc(NC(O)c3ccc(Br)cc3N)ccc2OC(F)(F)F)CC1. The van der Waals surface area contributed by atoms with Crippen LogP contribution in [0.1, 0.15) is 45.4 Å². The lowest BCUT2D eigenvalue weighted by atomic mass is 10.1. The molecule has 0 radical (unpaired) electrons. The fraction of sp³-hybridized carbons (Fsp3) is 0.391. The number of nitrogens with two attached hydrogens (primary N) is 1. The summed E-state index contributed by atoms with van der Waals surface area (Å²) < 4.78 is 48.8. The molecule has 36 heavy (non-hydrogen) atoms. The van der Waals surface area contributed by atoms with Crippen LogP contribution in [0.25, 0.3) is 0 Å². The molecule has 0 heterocycles. The van der Waals surface area contributed by atoms with E-state index in [0.29, 0.717) is 10.0 Å². The molecule has 1 atom stereocenters. The average molecular weight is 575 g/mol. The third-order valence-electron chi connectivity index (χ3n) is 5.03. The standard InChI is InChI=1S/C23H26BrF3N4O5/c1-21(2,3)36-20(34)31-22(8-9-22)19(33)30-16-11-13(5-7-17(16)35-23(25,26)27)29-18(32)14-6-4-12(24)10-15(14)28/h4-7,10-11,18,29,32H,8-9,28H2,1-3H3,(H,30,33)(H,31,34). The summed E-state index contributed by atoms with van der Waals surface area (Å²) >= 11 is 3.26. The molecule has 2 aromatic rings. The Kier molecular flexibility index (Phi) is 7.65. The van der Waals surface area contributed by atoms with Crippen molar-refractivity contribution in [3.05, 3.63) is 46.4 Å². The number of nitrogen functional groups attached to an aromatic ring is 1. The molecule has 1 aliphatic rings. The van der Waals surface area contributed by atoms with Gasteiger partial charge in [0.2, 0.25) is 5.91 Å². The number of alkyl carbamates (subject to hydrolysis) is 1. The molecule has 0 aliphatic heterocycles. The zero-order chi connectivity index (χ0) is 26.9. The molecule has 1 aliphatic carbocycles. The summed E-state index contributed by atoms with van der Waals surface area (Å²) in [5.41, 5.74) is 4.24. The van der Waals surface area contributed by atoms with E-state index in [-0.39, 0.29) is 29.9 Å². The minimum atomic E-state index is -5.02. The Morgan fingerprint density at radius 2 is 1.81 bits per heavy atom. The van der Waals surface area contributed by atoms with Gasteiger partial charge in [-0.05, 0) is 63.9 Å². The number of hydrogen-bond acceptors (Lipinski definition) is 7. The summed E-state index contributed by atoms with van der Waals surface area (Å²) in [6, 6.07) is 8.21. The Morgan fingerprint density at radius 1 is 1.14 bits per heavy atom. The summed E-state index contributed by atoms with van der Waals surface area (Å²) in [6.07, 6.45) is -6.61. The minimum absolute atomic E-state index is 0.166. The first kappa shape index (κ1) is 27.4. The fourth-order valence-corrected chi connectivity index (χ4v) is 3.61. The van der Waals surface area contributed by atoms with E-state index >= 15 is 0 Å². The van der Waals surface area contributed by atoms with Gasteiger partial charge in [-0.1, -0.05) is 22.0 Å². The molecule has 0 spiro atoms. The molecular formula is C23H26BrF3N4O5. The average Bonchev–Trinajstić information content (AvgIpc) is 3.48. The van der Waals surface area contributed by atoms with Gasteiger partial charge >= 0.3 is 12.5 Å². The maximum absolute atomic E-state index is 13.0. The van der Waals surface area contributed by atoms with Crippen molar-refractivity contribution in [3.63, 3.8) is 0 Å². The molecule has 2 aromatic carbocycles. The van der Waals surface area contributed by atoms with Crippen LogP contribution in [0.15, 0.2) is 40.9 Å². The fourth-order valence-electron chi connectivity index (χ4n) is 3.24. The van der Waals surface area contributed by atoms with Crippen LogP contribution in [-0.4, -0.2) is 34.6 Å². The first-order valence-electron chi connectivity index (χ1n) is 10.8. The Morgan fingerprint density at radius 3 is 2.36 bits per heavy atom. The van der Waals surface area contributed by atoms with Gasteiger partial charge in [-0.25, -0.2) is 4.79 Å². The highest BCUT2D eigenvalue weighted by atomic mass is 79.9. The predicted octanol–water partition coefficient (Wildman–Crippen LogP) is 5.03. The molecule has 0 saturated heterocycles. The number of carbonyl (C=O) groups is 2. The molecule has 2 amide bonds. The molecule has 0 bridgehead atoms. The molecule has 13 heteroatoms. The number of rotatable bonds is 7. The van der Waals surface area contributed by atoms with Crippen LogP contribution < -0.4 is 26.4 Å². The second kappa shape index (κ2) is 10.1. The molecule has 196 valence electrons. The molecule has 6 N–H and O–H groups in total. The number of aliphatic hydroxyl groups is 1.